The molecule has 0 saturated heterocycles. The van der Waals surface area contributed by atoms with Crippen LogP contribution < -0.4 is 4.31 Å². The molecule has 0 radical (unpaired) electrons. The number of aryl methyl sites for hydroxylation is 1. The fraction of sp³-hybridized carbons (Fsp3) is 0.176. The normalized spacial score (nSPS) is 11.4. The third kappa shape index (κ3) is 3.76. The highest BCUT2D eigenvalue weighted by molar-refractivity contribution is 7.98. The Morgan fingerprint density at radius 2 is 1.63 bits per heavy atom. The number of nitrogens with zero attached hydrogens (tertiary/aromatic N) is 5. The lowest BCUT2D eigenvalue weighted by Crippen LogP contribution is -2.27. The van der Waals surface area contributed by atoms with Crippen molar-refractivity contribution in [2.45, 2.75) is 17.0 Å². The number of hydrogen-bond acceptors (Lipinski definition) is 7. The molecule has 2 aromatic carbocycles. The Balaban J connectivity index is 2.11. The van der Waals surface area contributed by atoms with E-state index in [1.165, 1.54) is 49.1 Å². The van der Waals surface area contributed by atoms with Gasteiger partial charge in [0.2, 0.25) is 11.0 Å². The van der Waals surface area contributed by atoms with Gasteiger partial charge in [-0.3, -0.25) is 4.31 Å². The zero-order valence-electron chi connectivity index (χ0n) is 14.8. The Morgan fingerprint density at radius 1 is 1.00 bits per heavy atom. The van der Waals surface area contributed by atoms with E-state index in [1.54, 1.807) is 18.4 Å². The number of anilines is 1. The minimum absolute atomic E-state index is 0.0802. The number of aromatic nitrogens is 4. The third-order valence-electron chi connectivity index (χ3n) is 3.88. The molecule has 0 unspecified atom stereocenters. The van der Waals surface area contributed by atoms with Gasteiger partial charge in [0.25, 0.3) is 10.0 Å². The van der Waals surface area contributed by atoms with E-state index in [0.717, 1.165) is 9.87 Å². The number of halogens is 1. The van der Waals surface area contributed by atoms with Crippen LogP contribution in [0.1, 0.15) is 5.56 Å². The van der Waals surface area contributed by atoms with E-state index in [0.29, 0.717) is 5.16 Å². The van der Waals surface area contributed by atoms with Crippen molar-refractivity contribution in [3.63, 3.8) is 0 Å². The first kappa shape index (κ1) is 19.2. The van der Waals surface area contributed by atoms with Crippen molar-refractivity contribution in [2.75, 3.05) is 17.6 Å². The van der Waals surface area contributed by atoms with E-state index in [9.17, 15) is 12.8 Å². The Labute approximate surface area is 160 Å². The monoisotopic (exact) mass is 405 g/mol. The smallest absolute Gasteiger partial charge is 0.264 e. The van der Waals surface area contributed by atoms with Gasteiger partial charge in [0.1, 0.15) is 5.82 Å². The van der Waals surface area contributed by atoms with Gasteiger partial charge in [0.05, 0.1) is 16.1 Å². The molecule has 0 aliphatic carbocycles. The van der Waals surface area contributed by atoms with Gasteiger partial charge >= 0.3 is 0 Å². The molecular formula is C17H16FN5O2S2. The Bertz CT molecular complexity index is 1060. The SMILES string of the molecule is CSc1nnc(-c2c(F)cccc2N(C)S(=O)(=O)c2ccc(C)cc2)nn1. The predicted molar refractivity (Wildman–Crippen MR) is 102 cm³/mol. The summed E-state index contributed by atoms with van der Waals surface area (Å²) in [6.45, 7) is 1.86. The maximum Gasteiger partial charge on any atom is 0.264 e. The molecule has 0 saturated carbocycles. The lowest BCUT2D eigenvalue weighted by Gasteiger charge is -2.22. The summed E-state index contributed by atoms with van der Waals surface area (Å²) in [5, 5.41) is 15.8. The van der Waals surface area contributed by atoms with Gasteiger partial charge in [0.15, 0.2) is 0 Å². The first-order valence-electron chi connectivity index (χ1n) is 7.80. The van der Waals surface area contributed by atoms with E-state index in [1.807, 2.05) is 6.92 Å². The number of rotatable bonds is 5. The minimum Gasteiger partial charge on any atom is -0.269 e. The van der Waals surface area contributed by atoms with Crippen LogP contribution in [0.5, 0.6) is 0 Å². The molecule has 0 fully saturated rings. The first-order valence-corrected chi connectivity index (χ1v) is 10.5. The zero-order chi connectivity index (χ0) is 19.6. The summed E-state index contributed by atoms with van der Waals surface area (Å²) < 4.78 is 41.5. The first-order chi connectivity index (χ1) is 12.8. The number of hydrogen-bond donors (Lipinski definition) is 0. The summed E-state index contributed by atoms with van der Waals surface area (Å²) in [6, 6.07) is 10.5. The average Bonchev–Trinajstić information content (AvgIpc) is 2.67. The molecule has 3 rings (SSSR count). The maximum absolute atomic E-state index is 14.6. The van der Waals surface area contributed by atoms with Crippen LogP contribution in [0.2, 0.25) is 0 Å². The number of benzene rings is 2. The van der Waals surface area contributed by atoms with Crippen molar-refractivity contribution < 1.29 is 12.8 Å². The van der Waals surface area contributed by atoms with Gasteiger partial charge < -0.3 is 0 Å². The van der Waals surface area contributed by atoms with E-state index in [4.69, 9.17) is 0 Å². The summed E-state index contributed by atoms with van der Waals surface area (Å²) in [7, 11) is -2.55. The highest BCUT2D eigenvalue weighted by Crippen LogP contribution is 2.33. The van der Waals surface area contributed by atoms with Crippen LogP contribution in [0.25, 0.3) is 11.4 Å². The standard InChI is InChI=1S/C17H16FN5O2S2/c1-11-7-9-12(10-8-11)27(24,25)23(2)14-6-4-5-13(18)15(14)16-19-21-17(26-3)22-20-16/h4-10H,1-3H3. The fourth-order valence-corrected chi connectivity index (χ4v) is 3.85. The van der Waals surface area contributed by atoms with Crippen LogP contribution in [-0.2, 0) is 10.0 Å². The summed E-state index contributed by atoms with van der Waals surface area (Å²) >= 11 is 1.24. The summed E-state index contributed by atoms with van der Waals surface area (Å²) in [5.74, 6) is -0.759. The molecule has 0 aliphatic heterocycles. The van der Waals surface area contributed by atoms with Crippen molar-refractivity contribution in [1.82, 2.24) is 20.4 Å². The van der Waals surface area contributed by atoms with Crippen molar-refractivity contribution in [3.8, 4) is 11.4 Å². The average molecular weight is 405 g/mol. The maximum atomic E-state index is 14.6. The van der Waals surface area contributed by atoms with E-state index >= 15 is 0 Å². The molecule has 0 amide bonds. The lowest BCUT2D eigenvalue weighted by atomic mass is 10.1. The van der Waals surface area contributed by atoms with E-state index in [2.05, 4.69) is 20.4 Å². The molecule has 1 heterocycles. The molecular weight excluding hydrogens is 389 g/mol. The van der Waals surface area contributed by atoms with E-state index in [-0.39, 0.29) is 22.0 Å². The number of thioether (sulfide) groups is 1. The molecule has 140 valence electrons. The van der Waals surface area contributed by atoms with Crippen LogP contribution in [0.3, 0.4) is 0 Å². The van der Waals surface area contributed by atoms with Crippen LogP contribution in [0, 0.1) is 12.7 Å². The van der Waals surface area contributed by atoms with E-state index < -0.39 is 15.8 Å². The molecule has 0 aliphatic rings. The highest BCUT2D eigenvalue weighted by atomic mass is 32.2. The van der Waals surface area contributed by atoms with Crippen LogP contribution in [-0.4, -0.2) is 42.1 Å². The highest BCUT2D eigenvalue weighted by Gasteiger charge is 2.26. The van der Waals surface area contributed by atoms with Crippen molar-refractivity contribution in [3.05, 3.63) is 53.8 Å². The molecule has 0 bridgehead atoms. The van der Waals surface area contributed by atoms with Gasteiger partial charge in [-0.25, -0.2) is 12.8 Å². The molecule has 0 atom stereocenters. The lowest BCUT2D eigenvalue weighted by molar-refractivity contribution is 0.594. The summed E-state index contributed by atoms with van der Waals surface area (Å²) in [5.41, 5.74) is 0.946. The Hall–Kier alpha value is -2.59. The van der Waals surface area contributed by atoms with Crippen LogP contribution in [0.15, 0.2) is 52.5 Å². The molecule has 0 N–H and O–H groups in total. The Kier molecular flexibility index (Phi) is 5.38. The second-order valence-electron chi connectivity index (χ2n) is 5.63. The quantitative estimate of drug-likeness (QED) is 0.603. The zero-order valence-corrected chi connectivity index (χ0v) is 16.4. The molecule has 3 aromatic rings. The summed E-state index contributed by atoms with van der Waals surface area (Å²) in [6.07, 6.45) is 1.76. The summed E-state index contributed by atoms with van der Waals surface area (Å²) in [4.78, 5) is 0.0979. The minimum atomic E-state index is -3.90. The Morgan fingerprint density at radius 3 is 2.22 bits per heavy atom. The number of sulfonamides is 1. The molecule has 27 heavy (non-hydrogen) atoms. The topological polar surface area (TPSA) is 88.9 Å². The van der Waals surface area contributed by atoms with Crippen LogP contribution in [0.4, 0.5) is 10.1 Å². The van der Waals surface area contributed by atoms with Crippen molar-refractivity contribution in [1.29, 1.82) is 0 Å². The van der Waals surface area contributed by atoms with Crippen molar-refractivity contribution >= 4 is 27.5 Å². The molecule has 10 heteroatoms. The fourth-order valence-electron chi connectivity index (χ4n) is 2.40. The third-order valence-corrected chi connectivity index (χ3v) is 6.19. The van der Waals surface area contributed by atoms with Gasteiger partial charge in [-0.15, -0.1) is 20.4 Å². The van der Waals surface area contributed by atoms with Gasteiger partial charge in [-0.1, -0.05) is 35.5 Å². The predicted octanol–water partition coefficient (Wildman–Crippen LogP) is 2.93. The second kappa shape index (κ2) is 7.57. The van der Waals surface area contributed by atoms with Gasteiger partial charge in [0, 0.05) is 7.05 Å². The van der Waals surface area contributed by atoms with Gasteiger partial charge in [-0.05, 0) is 37.4 Å². The molecule has 7 nitrogen and oxygen atoms in total. The van der Waals surface area contributed by atoms with Gasteiger partial charge in [-0.2, -0.15) is 0 Å². The second-order valence-corrected chi connectivity index (χ2v) is 8.37. The molecule has 1 aromatic heterocycles. The molecule has 0 spiro atoms. The van der Waals surface area contributed by atoms with Crippen LogP contribution >= 0.6 is 11.8 Å². The van der Waals surface area contributed by atoms with Crippen molar-refractivity contribution in [2.24, 2.45) is 0 Å². The largest absolute Gasteiger partial charge is 0.269 e.